The van der Waals surface area contributed by atoms with E-state index in [1.54, 1.807) is 7.11 Å². The van der Waals surface area contributed by atoms with Gasteiger partial charge in [-0.2, -0.15) is 0 Å². The fraction of sp³-hybridized carbons (Fsp3) is 0.500. The summed E-state index contributed by atoms with van der Waals surface area (Å²) in [6, 6.07) is 8.21. The number of benzene rings is 1. The molecule has 0 saturated heterocycles. The number of rotatable bonds is 6. The third-order valence-corrected chi connectivity index (χ3v) is 2.51. The summed E-state index contributed by atoms with van der Waals surface area (Å²) in [5.74, 6) is 0.898. The fourth-order valence-corrected chi connectivity index (χ4v) is 1.71. The van der Waals surface area contributed by atoms with E-state index in [4.69, 9.17) is 9.84 Å². The van der Waals surface area contributed by atoms with Crippen molar-refractivity contribution in [3.8, 4) is 5.75 Å². The summed E-state index contributed by atoms with van der Waals surface area (Å²) in [4.78, 5) is 0. The molecule has 1 aromatic rings. The molecule has 0 aliphatic carbocycles. The Balaban J connectivity index is 2.80. The normalized spacial score (nSPS) is 12.5. The Labute approximate surface area is 91.1 Å². The second-order valence-electron chi connectivity index (χ2n) is 3.45. The summed E-state index contributed by atoms with van der Waals surface area (Å²) in [7, 11) is 3.60. The number of aliphatic hydroxyl groups is 1. The van der Waals surface area contributed by atoms with Crippen LogP contribution in [0.1, 0.15) is 24.4 Å². The van der Waals surface area contributed by atoms with Gasteiger partial charge in [0.1, 0.15) is 5.75 Å². The van der Waals surface area contributed by atoms with E-state index in [-0.39, 0.29) is 12.6 Å². The van der Waals surface area contributed by atoms with Gasteiger partial charge in [0.15, 0.2) is 0 Å². The molecule has 0 saturated carbocycles. The van der Waals surface area contributed by atoms with Gasteiger partial charge in [-0.3, -0.25) is 0 Å². The first-order valence-corrected chi connectivity index (χ1v) is 5.24. The highest BCUT2D eigenvalue weighted by molar-refractivity contribution is 5.35. The predicted molar refractivity (Wildman–Crippen MR) is 61.1 cm³/mol. The van der Waals surface area contributed by atoms with Crippen LogP contribution in [-0.2, 0) is 0 Å². The highest BCUT2D eigenvalue weighted by atomic mass is 16.5. The zero-order valence-corrected chi connectivity index (χ0v) is 9.36. The van der Waals surface area contributed by atoms with E-state index in [0.717, 1.165) is 24.2 Å². The van der Waals surface area contributed by atoms with Gasteiger partial charge in [0.2, 0.25) is 0 Å². The summed E-state index contributed by atoms with van der Waals surface area (Å²) in [6.07, 6.45) is 1.71. The van der Waals surface area contributed by atoms with Crippen LogP contribution >= 0.6 is 0 Å². The van der Waals surface area contributed by atoms with Crippen molar-refractivity contribution < 1.29 is 9.84 Å². The molecule has 84 valence electrons. The minimum Gasteiger partial charge on any atom is -0.496 e. The number of ether oxygens (including phenoxy) is 1. The van der Waals surface area contributed by atoms with Gasteiger partial charge in [0, 0.05) is 18.2 Å². The average Bonchev–Trinajstić information content (AvgIpc) is 2.30. The van der Waals surface area contributed by atoms with E-state index in [9.17, 15) is 0 Å². The molecule has 0 aromatic heterocycles. The van der Waals surface area contributed by atoms with Crippen LogP contribution in [0.4, 0.5) is 0 Å². The smallest absolute Gasteiger partial charge is 0.123 e. The lowest BCUT2D eigenvalue weighted by Crippen LogP contribution is -2.17. The number of hydrogen-bond donors (Lipinski definition) is 2. The van der Waals surface area contributed by atoms with E-state index >= 15 is 0 Å². The Morgan fingerprint density at radius 1 is 1.40 bits per heavy atom. The second kappa shape index (κ2) is 6.43. The maximum atomic E-state index is 8.83. The molecule has 2 N–H and O–H groups in total. The lowest BCUT2D eigenvalue weighted by Gasteiger charge is -2.18. The molecule has 0 amide bonds. The molecule has 0 fully saturated rings. The molecule has 3 nitrogen and oxygen atoms in total. The van der Waals surface area contributed by atoms with Gasteiger partial charge in [0.05, 0.1) is 7.11 Å². The monoisotopic (exact) mass is 209 g/mol. The van der Waals surface area contributed by atoms with E-state index < -0.39 is 0 Å². The van der Waals surface area contributed by atoms with E-state index in [0.29, 0.717) is 0 Å². The second-order valence-corrected chi connectivity index (χ2v) is 3.45. The summed E-state index contributed by atoms with van der Waals surface area (Å²) in [5, 5.41) is 12.1. The molecule has 0 heterocycles. The minimum absolute atomic E-state index is 0.229. The molecular weight excluding hydrogens is 190 g/mol. The number of hydrogen-bond acceptors (Lipinski definition) is 3. The quantitative estimate of drug-likeness (QED) is 0.749. The van der Waals surface area contributed by atoms with Crippen molar-refractivity contribution in [2.24, 2.45) is 0 Å². The third-order valence-electron chi connectivity index (χ3n) is 2.51. The predicted octanol–water partition coefficient (Wildman–Crippen LogP) is 1.73. The van der Waals surface area contributed by atoms with Gasteiger partial charge in [0.25, 0.3) is 0 Å². The molecule has 0 aliphatic rings. The van der Waals surface area contributed by atoms with Crippen LogP contribution in [0.15, 0.2) is 24.3 Å². The summed E-state index contributed by atoms with van der Waals surface area (Å²) >= 11 is 0. The minimum atomic E-state index is 0.229. The van der Waals surface area contributed by atoms with Crippen molar-refractivity contribution in [2.75, 3.05) is 20.8 Å². The summed E-state index contributed by atoms with van der Waals surface area (Å²) < 4.78 is 5.31. The van der Waals surface area contributed by atoms with Gasteiger partial charge >= 0.3 is 0 Å². The Morgan fingerprint density at radius 3 is 2.73 bits per heavy atom. The highest BCUT2D eigenvalue weighted by Crippen LogP contribution is 2.27. The van der Waals surface area contributed by atoms with Crippen molar-refractivity contribution in [3.05, 3.63) is 29.8 Å². The summed E-state index contributed by atoms with van der Waals surface area (Å²) in [6.45, 7) is 0.229. The Kier molecular flexibility index (Phi) is 5.15. The third kappa shape index (κ3) is 3.22. The number of methoxy groups -OCH3 is 1. The van der Waals surface area contributed by atoms with E-state index in [1.807, 2.05) is 25.2 Å². The fourth-order valence-electron chi connectivity index (χ4n) is 1.71. The zero-order valence-electron chi connectivity index (χ0n) is 9.36. The van der Waals surface area contributed by atoms with Crippen molar-refractivity contribution >= 4 is 0 Å². The standard InChI is InChI=1S/C12H19NO2/c1-13-11(7-5-9-14)10-6-3-4-8-12(10)15-2/h3-4,6,8,11,13-14H,5,7,9H2,1-2H3. The maximum Gasteiger partial charge on any atom is 0.123 e. The molecule has 0 bridgehead atoms. The lowest BCUT2D eigenvalue weighted by molar-refractivity contribution is 0.275. The van der Waals surface area contributed by atoms with Gasteiger partial charge in [-0.1, -0.05) is 18.2 Å². The maximum absolute atomic E-state index is 8.83. The molecular formula is C12H19NO2. The van der Waals surface area contributed by atoms with Crippen LogP contribution in [-0.4, -0.2) is 25.9 Å². The molecule has 1 aromatic carbocycles. The molecule has 3 heteroatoms. The Bertz CT molecular complexity index is 289. The number of aliphatic hydroxyl groups excluding tert-OH is 1. The molecule has 0 aliphatic heterocycles. The molecule has 1 rings (SSSR count). The van der Waals surface area contributed by atoms with Crippen LogP contribution in [0.3, 0.4) is 0 Å². The highest BCUT2D eigenvalue weighted by Gasteiger charge is 2.12. The number of nitrogens with one attached hydrogen (secondary N) is 1. The van der Waals surface area contributed by atoms with Crippen molar-refractivity contribution in [1.82, 2.24) is 5.32 Å². The van der Waals surface area contributed by atoms with Crippen LogP contribution < -0.4 is 10.1 Å². The molecule has 15 heavy (non-hydrogen) atoms. The first-order valence-electron chi connectivity index (χ1n) is 5.24. The van der Waals surface area contributed by atoms with Gasteiger partial charge in [-0.25, -0.2) is 0 Å². The van der Waals surface area contributed by atoms with E-state index in [1.165, 1.54) is 0 Å². The lowest BCUT2D eigenvalue weighted by atomic mass is 10.0. The SMILES string of the molecule is CNC(CCCO)c1ccccc1OC. The Morgan fingerprint density at radius 2 is 2.13 bits per heavy atom. The topological polar surface area (TPSA) is 41.5 Å². The number of para-hydroxylation sites is 1. The first kappa shape index (κ1) is 12.0. The molecule has 0 radical (unpaired) electrons. The van der Waals surface area contributed by atoms with E-state index in [2.05, 4.69) is 11.4 Å². The van der Waals surface area contributed by atoms with Gasteiger partial charge in [-0.05, 0) is 26.0 Å². The van der Waals surface area contributed by atoms with Crippen molar-refractivity contribution in [1.29, 1.82) is 0 Å². The molecule has 1 atom stereocenters. The average molecular weight is 209 g/mol. The van der Waals surface area contributed by atoms with Crippen LogP contribution in [0.5, 0.6) is 5.75 Å². The summed E-state index contributed by atoms with van der Waals surface area (Å²) in [5.41, 5.74) is 1.15. The molecule has 1 unspecified atom stereocenters. The van der Waals surface area contributed by atoms with Crippen molar-refractivity contribution in [3.63, 3.8) is 0 Å². The van der Waals surface area contributed by atoms with Crippen molar-refractivity contribution in [2.45, 2.75) is 18.9 Å². The first-order chi connectivity index (χ1) is 7.33. The zero-order chi connectivity index (χ0) is 11.1. The molecule has 0 spiro atoms. The van der Waals surface area contributed by atoms with Crippen LogP contribution in [0, 0.1) is 0 Å². The Hall–Kier alpha value is -1.06. The van der Waals surface area contributed by atoms with Gasteiger partial charge in [-0.15, -0.1) is 0 Å². The largest absolute Gasteiger partial charge is 0.496 e. The van der Waals surface area contributed by atoms with Crippen LogP contribution in [0.25, 0.3) is 0 Å². The van der Waals surface area contributed by atoms with Crippen LogP contribution in [0.2, 0.25) is 0 Å². The van der Waals surface area contributed by atoms with Gasteiger partial charge < -0.3 is 15.2 Å².